The highest BCUT2D eigenvalue weighted by molar-refractivity contribution is 6.30. The average Bonchev–Trinajstić information content (AvgIpc) is 2.50. The molecule has 0 spiro atoms. The summed E-state index contributed by atoms with van der Waals surface area (Å²) in [5, 5.41) is 12.1. The minimum Gasteiger partial charge on any atom is -0.481 e. The molecule has 0 fully saturated rings. The lowest BCUT2D eigenvalue weighted by molar-refractivity contribution is -0.122. The van der Waals surface area contributed by atoms with E-state index in [1.807, 2.05) is 0 Å². The lowest BCUT2D eigenvalue weighted by atomic mass is 10.2. The van der Waals surface area contributed by atoms with E-state index in [4.69, 9.17) is 21.4 Å². The van der Waals surface area contributed by atoms with Gasteiger partial charge in [0.15, 0.2) is 6.10 Å². The SMILES string of the molecule is CC(Oc1ccc(C(=O)O)cc1)C(=O)Nc1ccc(Cl)cc1. The Morgan fingerprint density at radius 3 is 2.23 bits per heavy atom. The van der Waals surface area contributed by atoms with Gasteiger partial charge in [0, 0.05) is 10.7 Å². The number of nitrogens with one attached hydrogen (secondary N) is 1. The van der Waals surface area contributed by atoms with Crippen molar-refractivity contribution in [3.8, 4) is 5.75 Å². The third-order valence-electron chi connectivity index (χ3n) is 2.90. The highest BCUT2D eigenvalue weighted by Crippen LogP contribution is 2.16. The van der Waals surface area contributed by atoms with Crippen molar-refractivity contribution in [2.45, 2.75) is 13.0 Å². The predicted octanol–water partition coefficient (Wildman–Crippen LogP) is 3.44. The molecule has 2 aromatic rings. The summed E-state index contributed by atoms with van der Waals surface area (Å²) >= 11 is 5.77. The van der Waals surface area contributed by atoms with E-state index in [0.29, 0.717) is 16.5 Å². The number of carbonyl (C=O) groups excluding carboxylic acids is 1. The number of rotatable bonds is 5. The number of aromatic carboxylic acids is 1. The number of carbonyl (C=O) groups is 2. The molecule has 0 aliphatic carbocycles. The third-order valence-corrected chi connectivity index (χ3v) is 3.15. The summed E-state index contributed by atoms with van der Waals surface area (Å²) in [5.74, 6) is -0.909. The van der Waals surface area contributed by atoms with E-state index in [9.17, 15) is 9.59 Å². The fraction of sp³-hybridized carbons (Fsp3) is 0.125. The number of benzene rings is 2. The first kappa shape index (κ1) is 15.9. The van der Waals surface area contributed by atoms with Crippen molar-refractivity contribution in [2.75, 3.05) is 5.32 Å². The zero-order chi connectivity index (χ0) is 16.1. The molecule has 0 aliphatic rings. The van der Waals surface area contributed by atoms with Crippen molar-refractivity contribution in [3.63, 3.8) is 0 Å². The van der Waals surface area contributed by atoms with Crippen molar-refractivity contribution in [1.29, 1.82) is 0 Å². The van der Waals surface area contributed by atoms with Gasteiger partial charge in [0.2, 0.25) is 0 Å². The minimum absolute atomic E-state index is 0.158. The molecular weight excluding hydrogens is 306 g/mol. The molecule has 0 saturated heterocycles. The van der Waals surface area contributed by atoms with Gasteiger partial charge in [-0.3, -0.25) is 4.79 Å². The summed E-state index contributed by atoms with van der Waals surface area (Å²) < 4.78 is 5.48. The molecule has 0 radical (unpaired) electrons. The second-order valence-corrected chi connectivity index (χ2v) is 5.02. The van der Waals surface area contributed by atoms with Crippen LogP contribution in [0.25, 0.3) is 0 Å². The van der Waals surface area contributed by atoms with Crippen LogP contribution in [-0.4, -0.2) is 23.1 Å². The molecule has 2 rings (SSSR count). The third kappa shape index (κ3) is 4.23. The molecule has 6 heteroatoms. The monoisotopic (exact) mass is 319 g/mol. The fourth-order valence-electron chi connectivity index (χ4n) is 1.71. The number of anilines is 1. The van der Waals surface area contributed by atoms with Gasteiger partial charge in [-0.05, 0) is 55.5 Å². The largest absolute Gasteiger partial charge is 0.481 e. The standard InChI is InChI=1S/C16H14ClNO4/c1-10(15(19)18-13-6-4-12(17)5-7-13)22-14-8-2-11(3-9-14)16(20)21/h2-10H,1H3,(H,18,19)(H,20,21). The number of hydrogen-bond acceptors (Lipinski definition) is 3. The average molecular weight is 320 g/mol. The van der Waals surface area contributed by atoms with E-state index in [2.05, 4.69) is 5.32 Å². The Balaban J connectivity index is 1.95. The Labute approximate surface area is 132 Å². The summed E-state index contributed by atoms with van der Waals surface area (Å²) in [5.41, 5.74) is 0.775. The van der Waals surface area contributed by atoms with Crippen LogP contribution >= 0.6 is 11.6 Å². The molecule has 1 atom stereocenters. The van der Waals surface area contributed by atoms with Gasteiger partial charge in [0.25, 0.3) is 5.91 Å². The first-order chi connectivity index (χ1) is 10.5. The number of hydrogen-bond donors (Lipinski definition) is 2. The van der Waals surface area contributed by atoms with E-state index in [1.165, 1.54) is 24.3 Å². The minimum atomic E-state index is -1.01. The molecule has 0 aromatic heterocycles. The maximum atomic E-state index is 12.0. The zero-order valence-corrected chi connectivity index (χ0v) is 12.5. The van der Waals surface area contributed by atoms with Crippen LogP contribution in [0.4, 0.5) is 5.69 Å². The first-order valence-electron chi connectivity index (χ1n) is 6.52. The highest BCUT2D eigenvalue weighted by atomic mass is 35.5. The van der Waals surface area contributed by atoms with Gasteiger partial charge in [0.05, 0.1) is 5.56 Å². The van der Waals surface area contributed by atoms with E-state index >= 15 is 0 Å². The van der Waals surface area contributed by atoms with Crippen LogP contribution in [0.15, 0.2) is 48.5 Å². The van der Waals surface area contributed by atoms with Crippen LogP contribution in [0.2, 0.25) is 5.02 Å². The van der Waals surface area contributed by atoms with Crippen LogP contribution in [0.1, 0.15) is 17.3 Å². The second-order valence-electron chi connectivity index (χ2n) is 4.59. The Kier molecular flexibility index (Phi) is 5.01. The molecule has 0 aliphatic heterocycles. The Bertz CT molecular complexity index is 668. The number of ether oxygens (including phenoxy) is 1. The molecule has 5 nitrogen and oxygen atoms in total. The number of halogens is 1. The van der Waals surface area contributed by atoms with Gasteiger partial charge in [-0.2, -0.15) is 0 Å². The molecule has 1 amide bonds. The van der Waals surface area contributed by atoms with E-state index in [-0.39, 0.29) is 11.5 Å². The topological polar surface area (TPSA) is 75.6 Å². The number of amides is 1. The molecule has 0 heterocycles. The smallest absolute Gasteiger partial charge is 0.335 e. The highest BCUT2D eigenvalue weighted by Gasteiger charge is 2.15. The van der Waals surface area contributed by atoms with Crippen molar-refractivity contribution < 1.29 is 19.4 Å². The molecule has 2 N–H and O–H groups in total. The Morgan fingerprint density at radius 1 is 1.09 bits per heavy atom. The maximum absolute atomic E-state index is 12.0. The quantitative estimate of drug-likeness (QED) is 0.885. The van der Waals surface area contributed by atoms with Gasteiger partial charge in [0.1, 0.15) is 5.75 Å². The van der Waals surface area contributed by atoms with E-state index < -0.39 is 12.1 Å². The lowest BCUT2D eigenvalue weighted by Gasteiger charge is -2.15. The summed E-state index contributed by atoms with van der Waals surface area (Å²) in [6, 6.07) is 12.6. The van der Waals surface area contributed by atoms with Gasteiger partial charge in [-0.15, -0.1) is 0 Å². The molecule has 2 aromatic carbocycles. The van der Waals surface area contributed by atoms with Gasteiger partial charge in [-0.25, -0.2) is 4.79 Å². The van der Waals surface area contributed by atoms with Crippen molar-refractivity contribution in [1.82, 2.24) is 0 Å². The zero-order valence-electron chi connectivity index (χ0n) is 11.7. The van der Waals surface area contributed by atoms with Gasteiger partial charge < -0.3 is 15.2 Å². The molecule has 22 heavy (non-hydrogen) atoms. The van der Waals surface area contributed by atoms with Crippen molar-refractivity contribution in [2.24, 2.45) is 0 Å². The summed E-state index contributed by atoms with van der Waals surface area (Å²) in [6.45, 7) is 1.61. The number of carboxylic acids is 1. The van der Waals surface area contributed by atoms with Crippen LogP contribution < -0.4 is 10.1 Å². The predicted molar refractivity (Wildman–Crippen MR) is 83.6 cm³/mol. The second kappa shape index (κ2) is 6.95. The van der Waals surface area contributed by atoms with Crippen LogP contribution in [-0.2, 0) is 4.79 Å². The van der Waals surface area contributed by atoms with Crippen LogP contribution in [0, 0.1) is 0 Å². The van der Waals surface area contributed by atoms with E-state index in [0.717, 1.165) is 0 Å². The summed E-state index contributed by atoms with van der Waals surface area (Å²) in [6.07, 6.45) is -0.730. The Morgan fingerprint density at radius 2 is 1.68 bits per heavy atom. The van der Waals surface area contributed by atoms with Crippen LogP contribution in [0.5, 0.6) is 5.75 Å². The summed E-state index contributed by atoms with van der Waals surface area (Å²) in [4.78, 5) is 22.8. The van der Waals surface area contributed by atoms with Crippen LogP contribution in [0.3, 0.4) is 0 Å². The molecular formula is C16H14ClNO4. The van der Waals surface area contributed by atoms with Crippen molar-refractivity contribution in [3.05, 3.63) is 59.1 Å². The van der Waals surface area contributed by atoms with Gasteiger partial charge >= 0.3 is 5.97 Å². The maximum Gasteiger partial charge on any atom is 0.335 e. The summed E-state index contributed by atoms with van der Waals surface area (Å²) in [7, 11) is 0. The molecule has 114 valence electrons. The van der Waals surface area contributed by atoms with Crippen molar-refractivity contribution >= 4 is 29.2 Å². The van der Waals surface area contributed by atoms with Gasteiger partial charge in [-0.1, -0.05) is 11.6 Å². The lowest BCUT2D eigenvalue weighted by Crippen LogP contribution is -2.30. The molecule has 1 unspecified atom stereocenters. The molecule has 0 saturated carbocycles. The fourth-order valence-corrected chi connectivity index (χ4v) is 1.84. The molecule has 0 bridgehead atoms. The number of carboxylic acid groups (broad SMARTS) is 1. The first-order valence-corrected chi connectivity index (χ1v) is 6.90. The normalized spacial score (nSPS) is 11.5. The van der Waals surface area contributed by atoms with E-state index in [1.54, 1.807) is 31.2 Å². The Hall–Kier alpha value is -2.53.